The Kier molecular flexibility index (Phi) is 6.14. The number of nitrogens with zero attached hydrogens (tertiary/aromatic N) is 1. The van der Waals surface area contributed by atoms with Gasteiger partial charge in [0.25, 0.3) is 5.91 Å². The van der Waals surface area contributed by atoms with Crippen LogP contribution in [-0.4, -0.2) is 41.3 Å². The molecule has 2 rings (SSSR count). The Balaban J connectivity index is 2.35. The number of carbonyl (C=O) groups is 1. The summed E-state index contributed by atoms with van der Waals surface area (Å²) in [6.07, 6.45) is 0. The van der Waals surface area contributed by atoms with Crippen molar-refractivity contribution in [2.75, 3.05) is 45.6 Å². The van der Waals surface area contributed by atoms with Gasteiger partial charge < -0.3 is 24.4 Å². The Labute approximate surface area is 155 Å². The fourth-order valence-corrected chi connectivity index (χ4v) is 2.96. The van der Waals surface area contributed by atoms with Crippen LogP contribution in [0.4, 0.5) is 11.4 Å². The number of amides is 1. The van der Waals surface area contributed by atoms with E-state index in [0.717, 1.165) is 5.69 Å². The average Bonchev–Trinajstić information content (AvgIpc) is 2.61. The molecular formula is C18H21BrN2O4. The van der Waals surface area contributed by atoms with Crippen LogP contribution < -0.4 is 24.4 Å². The second-order valence-corrected chi connectivity index (χ2v) is 6.20. The molecule has 0 spiro atoms. The van der Waals surface area contributed by atoms with Gasteiger partial charge in [0.1, 0.15) is 0 Å². The number of anilines is 2. The first kappa shape index (κ1) is 18.9. The second-order valence-electron chi connectivity index (χ2n) is 5.40. The molecule has 0 aliphatic carbocycles. The van der Waals surface area contributed by atoms with E-state index < -0.39 is 0 Å². The number of benzene rings is 2. The van der Waals surface area contributed by atoms with Gasteiger partial charge in [0.15, 0.2) is 11.5 Å². The van der Waals surface area contributed by atoms with E-state index >= 15 is 0 Å². The zero-order valence-corrected chi connectivity index (χ0v) is 16.4. The van der Waals surface area contributed by atoms with Crippen LogP contribution in [-0.2, 0) is 0 Å². The lowest BCUT2D eigenvalue weighted by atomic mass is 10.1. The summed E-state index contributed by atoms with van der Waals surface area (Å²) >= 11 is 3.41. The summed E-state index contributed by atoms with van der Waals surface area (Å²) in [5.41, 5.74) is 2.12. The molecule has 0 fully saturated rings. The lowest BCUT2D eigenvalue weighted by Gasteiger charge is -2.17. The van der Waals surface area contributed by atoms with Crippen LogP contribution in [0.5, 0.6) is 17.2 Å². The van der Waals surface area contributed by atoms with Crippen molar-refractivity contribution in [3.63, 3.8) is 0 Å². The van der Waals surface area contributed by atoms with Crippen LogP contribution in [0.15, 0.2) is 34.8 Å². The summed E-state index contributed by atoms with van der Waals surface area (Å²) in [6, 6.07) is 9.16. The predicted octanol–water partition coefficient (Wildman–Crippen LogP) is 3.79. The molecule has 2 aromatic rings. The van der Waals surface area contributed by atoms with E-state index in [1.165, 1.54) is 21.3 Å². The van der Waals surface area contributed by atoms with Gasteiger partial charge in [0, 0.05) is 25.5 Å². The Morgan fingerprint density at radius 2 is 1.60 bits per heavy atom. The highest BCUT2D eigenvalue weighted by Crippen LogP contribution is 2.44. The largest absolute Gasteiger partial charge is 0.493 e. The van der Waals surface area contributed by atoms with E-state index in [0.29, 0.717) is 33.0 Å². The normalized spacial score (nSPS) is 10.2. The van der Waals surface area contributed by atoms with Crippen LogP contribution in [0, 0.1) is 0 Å². The fraction of sp³-hybridized carbons (Fsp3) is 0.278. The minimum Gasteiger partial charge on any atom is -0.493 e. The van der Waals surface area contributed by atoms with E-state index in [4.69, 9.17) is 14.2 Å². The van der Waals surface area contributed by atoms with E-state index in [2.05, 4.69) is 21.2 Å². The highest BCUT2D eigenvalue weighted by Gasteiger charge is 2.22. The molecule has 0 heterocycles. The predicted molar refractivity (Wildman–Crippen MR) is 103 cm³/mol. The molecule has 1 N–H and O–H groups in total. The van der Waals surface area contributed by atoms with Gasteiger partial charge in [-0.15, -0.1) is 0 Å². The van der Waals surface area contributed by atoms with Gasteiger partial charge in [-0.25, -0.2) is 0 Å². The lowest BCUT2D eigenvalue weighted by Crippen LogP contribution is -2.14. The van der Waals surface area contributed by atoms with Crippen LogP contribution in [0.25, 0.3) is 0 Å². The Morgan fingerprint density at radius 3 is 2.08 bits per heavy atom. The molecule has 1 amide bonds. The molecule has 134 valence electrons. The molecule has 0 saturated heterocycles. The highest BCUT2D eigenvalue weighted by atomic mass is 79.9. The molecule has 7 heteroatoms. The van der Waals surface area contributed by atoms with Crippen molar-refractivity contribution in [2.45, 2.75) is 0 Å². The number of hydrogen-bond acceptors (Lipinski definition) is 5. The van der Waals surface area contributed by atoms with Crippen LogP contribution >= 0.6 is 15.9 Å². The molecule has 25 heavy (non-hydrogen) atoms. The number of carbonyl (C=O) groups excluding carboxylic acids is 1. The van der Waals surface area contributed by atoms with Crippen LogP contribution in [0.2, 0.25) is 0 Å². The Morgan fingerprint density at radius 1 is 1.00 bits per heavy atom. The highest BCUT2D eigenvalue weighted by molar-refractivity contribution is 9.10. The maximum atomic E-state index is 12.7. The third kappa shape index (κ3) is 3.99. The molecule has 0 aliphatic heterocycles. The second kappa shape index (κ2) is 8.11. The van der Waals surface area contributed by atoms with E-state index in [-0.39, 0.29) is 5.91 Å². The third-order valence-corrected chi connectivity index (χ3v) is 4.44. The van der Waals surface area contributed by atoms with Crippen molar-refractivity contribution in [3.8, 4) is 17.2 Å². The maximum absolute atomic E-state index is 12.7. The van der Waals surface area contributed by atoms with Gasteiger partial charge in [-0.1, -0.05) is 0 Å². The van der Waals surface area contributed by atoms with Gasteiger partial charge in [0.2, 0.25) is 5.75 Å². The molecule has 0 unspecified atom stereocenters. The third-order valence-electron chi connectivity index (χ3n) is 3.66. The van der Waals surface area contributed by atoms with Crippen molar-refractivity contribution < 1.29 is 19.0 Å². The molecular weight excluding hydrogens is 388 g/mol. The first-order chi connectivity index (χ1) is 11.9. The zero-order valence-electron chi connectivity index (χ0n) is 14.8. The Bertz CT molecular complexity index is 761. The summed E-state index contributed by atoms with van der Waals surface area (Å²) in [5, 5.41) is 2.87. The van der Waals surface area contributed by atoms with E-state index in [1.54, 1.807) is 6.07 Å². The lowest BCUT2D eigenvalue weighted by molar-refractivity contribution is 0.102. The SMILES string of the molecule is COc1cc(C(=O)Nc2ccc(N(C)C)cc2)c(Br)c(OC)c1OC. The van der Waals surface area contributed by atoms with Gasteiger partial charge >= 0.3 is 0 Å². The van der Waals surface area contributed by atoms with E-state index in [9.17, 15) is 4.79 Å². The monoisotopic (exact) mass is 408 g/mol. The van der Waals surface area contributed by atoms with Crippen LogP contribution in [0.3, 0.4) is 0 Å². The smallest absolute Gasteiger partial charge is 0.257 e. The van der Waals surface area contributed by atoms with Gasteiger partial charge in [-0.05, 0) is 46.3 Å². The topological polar surface area (TPSA) is 60.0 Å². The molecule has 0 aliphatic rings. The van der Waals surface area contributed by atoms with Crippen molar-refractivity contribution >= 4 is 33.2 Å². The number of hydrogen-bond donors (Lipinski definition) is 1. The molecule has 0 atom stereocenters. The van der Waals surface area contributed by atoms with Crippen molar-refractivity contribution in [1.82, 2.24) is 0 Å². The molecule has 2 aromatic carbocycles. The summed E-state index contributed by atoms with van der Waals surface area (Å²) in [4.78, 5) is 14.7. The number of nitrogens with one attached hydrogen (secondary N) is 1. The molecule has 0 aromatic heterocycles. The number of rotatable bonds is 6. The number of ether oxygens (including phenoxy) is 3. The maximum Gasteiger partial charge on any atom is 0.257 e. The average molecular weight is 409 g/mol. The fourth-order valence-electron chi connectivity index (χ4n) is 2.33. The Hall–Kier alpha value is -2.41. The molecule has 0 bridgehead atoms. The molecule has 6 nitrogen and oxygen atoms in total. The van der Waals surface area contributed by atoms with Crippen molar-refractivity contribution in [3.05, 3.63) is 40.4 Å². The van der Waals surface area contributed by atoms with Gasteiger partial charge in [0.05, 0.1) is 31.4 Å². The number of halogens is 1. The quantitative estimate of drug-likeness (QED) is 0.787. The minimum absolute atomic E-state index is 0.288. The first-order valence-corrected chi connectivity index (χ1v) is 8.29. The summed E-state index contributed by atoms with van der Waals surface area (Å²) in [6.45, 7) is 0. The zero-order chi connectivity index (χ0) is 18.6. The number of methoxy groups -OCH3 is 3. The van der Waals surface area contributed by atoms with Crippen LogP contribution in [0.1, 0.15) is 10.4 Å². The standard InChI is InChI=1S/C18H21BrN2O4/c1-21(2)12-8-6-11(7-9-12)20-18(22)13-10-14(23-3)16(24-4)17(25-5)15(13)19/h6-10H,1-5H3,(H,20,22). The van der Waals surface area contributed by atoms with Gasteiger partial charge in [-0.2, -0.15) is 0 Å². The molecule has 0 radical (unpaired) electrons. The van der Waals surface area contributed by atoms with Crippen molar-refractivity contribution in [2.24, 2.45) is 0 Å². The molecule has 0 saturated carbocycles. The summed E-state index contributed by atoms with van der Waals surface area (Å²) < 4.78 is 16.5. The summed E-state index contributed by atoms with van der Waals surface area (Å²) in [5.74, 6) is 0.943. The van der Waals surface area contributed by atoms with Crippen molar-refractivity contribution in [1.29, 1.82) is 0 Å². The summed E-state index contributed by atoms with van der Waals surface area (Å²) in [7, 11) is 8.44. The minimum atomic E-state index is -0.288. The van der Waals surface area contributed by atoms with Gasteiger partial charge in [-0.3, -0.25) is 4.79 Å². The van der Waals surface area contributed by atoms with E-state index in [1.807, 2.05) is 43.3 Å². The first-order valence-electron chi connectivity index (χ1n) is 7.50.